The Morgan fingerprint density at radius 3 is 2.24 bits per heavy atom. The Morgan fingerprint density at radius 2 is 1.64 bits per heavy atom. The molecule has 0 aliphatic heterocycles. The summed E-state index contributed by atoms with van der Waals surface area (Å²) in [5.74, 6) is -0.0277. The van der Waals surface area contributed by atoms with Crippen LogP contribution >= 0.6 is 0 Å². The van der Waals surface area contributed by atoms with Crippen LogP contribution in [0.2, 0.25) is 0 Å². The topological polar surface area (TPSA) is 88.1 Å². The number of allylic oxidation sites excluding steroid dienone is 3. The molecule has 0 spiro atoms. The maximum absolute atomic E-state index is 12.0. The summed E-state index contributed by atoms with van der Waals surface area (Å²) in [7, 11) is 2.46. The van der Waals surface area contributed by atoms with Crippen molar-refractivity contribution >= 4 is 18.6 Å². The first kappa shape index (κ1) is 23.8. The molecule has 0 aromatic heterocycles. The Morgan fingerprint density at radius 1 is 0.970 bits per heavy atom. The number of methoxy groups -OCH3 is 2. The molecular weight excluding hydrogens is 424 g/mol. The molecule has 4 aliphatic rings. The van der Waals surface area contributed by atoms with Gasteiger partial charge in [-0.15, -0.1) is 0 Å². The molecule has 6 atom stereocenters. The van der Waals surface area contributed by atoms with E-state index in [0.717, 1.165) is 37.5 Å². The first-order valence-electron chi connectivity index (χ1n) is 12.0. The molecule has 4 rings (SSSR count). The molecule has 4 aliphatic carbocycles. The number of rotatable bonds is 4. The predicted molar refractivity (Wildman–Crippen MR) is 120 cm³/mol. The van der Waals surface area contributed by atoms with E-state index in [1.54, 1.807) is 0 Å². The minimum absolute atomic E-state index is 0.0867. The molecule has 0 saturated heterocycles. The molecule has 1 unspecified atom stereocenters. The third kappa shape index (κ3) is 3.77. The Bertz CT molecular complexity index is 871. The lowest BCUT2D eigenvalue weighted by molar-refractivity contribution is -0.204. The molecule has 3 saturated carbocycles. The highest BCUT2D eigenvalue weighted by molar-refractivity contribution is 5.63. The van der Waals surface area contributed by atoms with Crippen LogP contribution in [0.3, 0.4) is 0 Å². The number of hydrogen-bond acceptors (Lipinski definition) is 7. The molecule has 182 valence electrons. The molecule has 0 bridgehead atoms. The van der Waals surface area contributed by atoms with E-state index < -0.39 is 18.1 Å². The minimum atomic E-state index is -1.43. The number of aldehydes is 1. The van der Waals surface area contributed by atoms with Crippen molar-refractivity contribution in [1.29, 1.82) is 0 Å². The molecule has 0 N–H and O–H groups in total. The second-order valence-corrected chi connectivity index (χ2v) is 10.8. The van der Waals surface area contributed by atoms with E-state index in [-0.39, 0.29) is 16.7 Å². The Hall–Kier alpha value is -2.31. The van der Waals surface area contributed by atoms with Crippen molar-refractivity contribution in [3.63, 3.8) is 0 Å². The molecule has 0 radical (unpaired) electrons. The van der Waals surface area contributed by atoms with Crippen LogP contribution in [0.15, 0.2) is 23.3 Å². The van der Waals surface area contributed by atoms with E-state index in [4.69, 9.17) is 9.47 Å². The number of carbonyl (C=O) groups is 3. The summed E-state index contributed by atoms with van der Waals surface area (Å²) in [6.07, 6.45) is 9.54. The van der Waals surface area contributed by atoms with E-state index in [9.17, 15) is 14.4 Å². The van der Waals surface area contributed by atoms with Gasteiger partial charge >= 0.3 is 12.3 Å². The van der Waals surface area contributed by atoms with Crippen LogP contribution in [0.4, 0.5) is 9.59 Å². The van der Waals surface area contributed by atoms with Gasteiger partial charge in [0.05, 0.1) is 14.2 Å². The zero-order valence-corrected chi connectivity index (χ0v) is 20.3. The summed E-state index contributed by atoms with van der Waals surface area (Å²) in [5, 5.41) is 0. The summed E-state index contributed by atoms with van der Waals surface area (Å²) in [4.78, 5) is 35.5. The highest BCUT2D eigenvalue weighted by atomic mass is 16.8. The lowest BCUT2D eigenvalue weighted by Gasteiger charge is -2.56. The van der Waals surface area contributed by atoms with Gasteiger partial charge in [-0.25, -0.2) is 9.59 Å². The van der Waals surface area contributed by atoms with Gasteiger partial charge in [-0.1, -0.05) is 44.1 Å². The second kappa shape index (κ2) is 8.48. The fourth-order valence-electron chi connectivity index (χ4n) is 7.53. The van der Waals surface area contributed by atoms with Gasteiger partial charge < -0.3 is 23.7 Å². The van der Waals surface area contributed by atoms with Crippen LogP contribution in [0.5, 0.6) is 0 Å². The SMILES string of the molecule is COC(=O)OC1(OC(=O)OC)CC[C@@]2(C)C(=CC=C3[C@@H]4CC[C@H](C(C)C=O)[C@@]4(C)CC[C@@H]32)C1. The van der Waals surface area contributed by atoms with Crippen molar-refractivity contribution in [1.82, 2.24) is 0 Å². The highest BCUT2D eigenvalue weighted by Crippen LogP contribution is 2.66. The highest BCUT2D eigenvalue weighted by Gasteiger charge is 2.59. The smallest absolute Gasteiger partial charge is 0.438 e. The quantitative estimate of drug-likeness (QED) is 0.307. The van der Waals surface area contributed by atoms with Gasteiger partial charge in [-0.3, -0.25) is 0 Å². The third-order valence-corrected chi connectivity index (χ3v) is 9.37. The lowest BCUT2D eigenvalue weighted by atomic mass is 9.50. The molecule has 33 heavy (non-hydrogen) atoms. The average molecular weight is 461 g/mol. The molecule has 0 aromatic rings. The number of fused-ring (bicyclic) bond motifs is 5. The maximum atomic E-state index is 12.0. The minimum Gasteiger partial charge on any atom is -0.438 e. The van der Waals surface area contributed by atoms with Gasteiger partial charge in [0.25, 0.3) is 5.79 Å². The number of carbonyl (C=O) groups excluding carboxylic acids is 3. The average Bonchev–Trinajstić information content (AvgIpc) is 3.16. The van der Waals surface area contributed by atoms with E-state index in [0.29, 0.717) is 37.0 Å². The standard InChI is InChI=1S/C26H36O7/c1-16(15-27)19-8-9-20-18-7-6-17-14-26(32-22(28)30-4,33-23(29)31-5)13-12-24(17,2)21(18)10-11-25(19,20)3/h6-7,15-16,19-21H,8-14H2,1-5H3/t16?,19-,20+,21+,24+,25-/m1/s1. The van der Waals surface area contributed by atoms with Crippen LogP contribution in [-0.4, -0.2) is 38.6 Å². The van der Waals surface area contributed by atoms with Crippen molar-refractivity contribution in [3.8, 4) is 0 Å². The molecule has 3 fully saturated rings. The summed E-state index contributed by atoms with van der Waals surface area (Å²) < 4.78 is 20.4. The van der Waals surface area contributed by atoms with Crippen molar-refractivity contribution in [2.45, 2.75) is 71.5 Å². The van der Waals surface area contributed by atoms with E-state index in [1.165, 1.54) is 19.8 Å². The van der Waals surface area contributed by atoms with E-state index >= 15 is 0 Å². The van der Waals surface area contributed by atoms with Crippen LogP contribution in [0.1, 0.15) is 65.7 Å². The summed E-state index contributed by atoms with van der Waals surface area (Å²) >= 11 is 0. The zero-order valence-electron chi connectivity index (χ0n) is 20.3. The van der Waals surface area contributed by atoms with Crippen LogP contribution in [-0.2, 0) is 23.7 Å². The second-order valence-electron chi connectivity index (χ2n) is 10.8. The van der Waals surface area contributed by atoms with Crippen molar-refractivity contribution in [2.75, 3.05) is 14.2 Å². The van der Waals surface area contributed by atoms with E-state index in [2.05, 4.69) is 42.4 Å². The summed E-state index contributed by atoms with van der Waals surface area (Å²) in [5.41, 5.74) is 2.69. The van der Waals surface area contributed by atoms with Gasteiger partial charge in [0, 0.05) is 18.8 Å². The number of hydrogen-bond donors (Lipinski definition) is 0. The fraction of sp³-hybridized carbons (Fsp3) is 0.731. The lowest BCUT2D eigenvalue weighted by Crippen LogP contribution is -2.51. The molecule has 0 aromatic carbocycles. The van der Waals surface area contributed by atoms with Crippen LogP contribution in [0.25, 0.3) is 0 Å². The van der Waals surface area contributed by atoms with E-state index in [1.807, 2.05) is 0 Å². The summed E-state index contributed by atoms with van der Waals surface area (Å²) in [6, 6.07) is 0. The maximum Gasteiger partial charge on any atom is 0.511 e. The normalized spacial score (nSPS) is 37.2. The molecule has 0 amide bonds. The van der Waals surface area contributed by atoms with Gasteiger partial charge in [0.2, 0.25) is 0 Å². The Labute approximate surface area is 195 Å². The van der Waals surface area contributed by atoms with Crippen molar-refractivity contribution < 1.29 is 33.3 Å². The van der Waals surface area contributed by atoms with Crippen LogP contribution < -0.4 is 0 Å². The largest absolute Gasteiger partial charge is 0.511 e. The van der Waals surface area contributed by atoms with Gasteiger partial charge in [0.15, 0.2) is 0 Å². The van der Waals surface area contributed by atoms with Gasteiger partial charge in [-0.2, -0.15) is 0 Å². The number of ether oxygens (including phenoxy) is 4. The molecular formula is C26H36O7. The molecule has 0 heterocycles. The van der Waals surface area contributed by atoms with Gasteiger partial charge in [0.1, 0.15) is 6.29 Å². The van der Waals surface area contributed by atoms with Gasteiger partial charge in [-0.05, 0) is 60.7 Å². The zero-order chi connectivity index (χ0) is 24.0. The predicted octanol–water partition coefficient (Wildman–Crippen LogP) is 5.58. The first-order chi connectivity index (χ1) is 15.6. The molecule has 7 nitrogen and oxygen atoms in total. The first-order valence-corrected chi connectivity index (χ1v) is 12.0. The third-order valence-electron chi connectivity index (χ3n) is 9.37. The van der Waals surface area contributed by atoms with Crippen LogP contribution in [0, 0.1) is 34.5 Å². The Balaban J connectivity index is 1.65. The fourth-order valence-corrected chi connectivity index (χ4v) is 7.53. The molecule has 7 heteroatoms. The van der Waals surface area contributed by atoms with Crippen molar-refractivity contribution in [3.05, 3.63) is 23.3 Å². The summed E-state index contributed by atoms with van der Waals surface area (Å²) in [6.45, 7) is 6.74. The Kier molecular flexibility index (Phi) is 6.12. The van der Waals surface area contributed by atoms with Crippen molar-refractivity contribution in [2.24, 2.45) is 34.5 Å². The monoisotopic (exact) mass is 460 g/mol.